The Balaban J connectivity index is 1.67. The number of fused-ring (bicyclic) bond motifs is 1. The van der Waals surface area contributed by atoms with Crippen molar-refractivity contribution in [2.75, 3.05) is 4.72 Å². The highest BCUT2D eigenvalue weighted by Gasteiger charge is 2.20. The molecule has 0 saturated carbocycles. The van der Waals surface area contributed by atoms with Gasteiger partial charge < -0.3 is 0 Å². The maximum absolute atomic E-state index is 12.8. The molecule has 0 spiro atoms. The summed E-state index contributed by atoms with van der Waals surface area (Å²) in [7, 11) is -3.73. The molecule has 5 nitrogen and oxygen atoms in total. The second-order valence-electron chi connectivity index (χ2n) is 6.90. The molecule has 7 heteroatoms. The van der Waals surface area contributed by atoms with Crippen LogP contribution in [0.15, 0.2) is 71.6 Å². The molecular weight excluding hydrogens is 406 g/mol. The first-order valence-electron chi connectivity index (χ1n) is 9.14. The lowest BCUT2D eigenvalue weighted by Crippen LogP contribution is -2.14. The predicted octanol–water partition coefficient (Wildman–Crippen LogP) is 5.16. The van der Waals surface area contributed by atoms with E-state index in [2.05, 4.69) is 34.1 Å². The van der Waals surface area contributed by atoms with Crippen molar-refractivity contribution in [1.82, 2.24) is 9.78 Å². The van der Waals surface area contributed by atoms with Gasteiger partial charge in [0.05, 0.1) is 28.5 Å². The van der Waals surface area contributed by atoms with Crippen LogP contribution in [0.4, 0.5) is 5.69 Å². The van der Waals surface area contributed by atoms with Crippen molar-refractivity contribution in [3.05, 3.63) is 88.7 Å². The number of hydrogen-bond donors (Lipinski definition) is 1. The molecule has 29 heavy (non-hydrogen) atoms. The third kappa shape index (κ3) is 3.86. The maximum Gasteiger partial charge on any atom is 0.262 e. The van der Waals surface area contributed by atoms with Crippen LogP contribution in [0.3, 0.4) is 0 Å². The molecule has 4 rings (SSSR count). The van der Waals surface area contributed by atoms with Gasteiger partial charge in [-0.05, 0) is 54.4 Å². The zero-order valence-corrected chi connectivity index (χ0v) is 17.6. The van der Waals surface area contributed by atoms with Crippen molar-refractivity contribution in [2.24, 2.45) is 0 Å². The van der Waals surface area contributed by atoms with Crippen LogP contribution in [-0.4, -0.2) is 18.2 Å². The van der Waals surface area contributed by atoms with Gasteiger partial charge in [0.1, 0.15) is 0 Å². The first-order valence-corrected chi connectivity index (χ1v) is 11.0. The molecule has 0 radical (unpaired) electrons. The Hall–Kier alpha value is -2.83. The zero-order chi connectivity index (χ0) is 20.6. The van der Waals surface area contributed by atoms with Gasteiger partial charge in [0, 0.05) is 5.02 Å². The van der Waals surface area contributed by atoms with E-state index in [9.17, 15) is 8.42 Å². The fourth-order valence-corrected chi connectivity index (χ4v) is 4.70. The Morgan fingerprint density at radius 2 is 1.66 bits per heavy atom. The highest BCUT2D eigenvalue weighted by atomic mass is 35.5. The molecule has 0 aliphatic rings. The summed E-state index contributed by atoms with van der Waals surface area (Å²) in [5.41, 5.74) is 3.01. The molecule has 0 saturated heterocycles. The minimum absolute atomic E-state index is 0.155. The van der Waals surface area contributed by atoms with Gasteiger partial charge in [-0.2, -0.15) is 5.10 Å². The van der Waals surface area contributed by atoms with Crippen LogP contribution < -0.4 is 4.72 Å². The fourth-order valence-electron chi connectivity index (χ4n) is 3.40. The minimum Gasteiger partial charge on any atom is -0.276 e. The molecular formula is C22H20ClN3O2S. The Morgan fingerprint density at radius 1 is 0.966 bits per heavy atom. The van der Waals surface area contributed by atoms with Gasteiger partial charge in [0.25, 0.3) is 10.0 Å². The van der Waals surface area contributed by atoms with Gasteiger partial charge in [0.15, 0.2) is 0 Å². The van der Waals surface area contributed by atoms with Crippen LogP contribution in [0, 0.1) is 13.8 Å². The number of sulfonamides is 1. The number of hydrogen-bond acceptors (Lipinski definition) is 3. The van der Waals surface area contributed by atoms with Crippen molar-refractivity contribution in [3.8, 4) is 0 Å². The maximum atomic E-state index is 12.8. The van der Waals surface area contributed by atoms with Crippen molar-refractivity contribution < 1.29 is 8.42 Å². The number of aromatic nitrogens is 2. The smallest absolute Gasteiger partial charge is 0.262 e. The van der Waals surface area contributed by atoms with E-state index in [4.69, 9.17) is 11.6 Å². The van der Waals surface area contributed by atoms with Crippen LogP contribution >= 0.6 is 11.6 Å². The van der Waals surface area contributed by atoms with Gasteiger partial charge in [-0.1, -0.05) is 54.1 Å². The lowest BCUT2D eigenvalue weighted by atomic mass is 10.0. The van der Waals surface area contributed by atoms with Crippen molar-refractivity contribution in [3.63, 3.8) is 0 Å². The van der Waals surface area contributed by atoms with E-state index in [0.29, 0.717) is 22.9 Å². The summed E-state index contributed by atoms with van der Waals surface area (Å²) in [4.78, 5) is 0.155. The van der Waals surface area contributed by atoms with E-state index in [-0.39, 0.29) is 4.90 Å². The molecule has 0 amide bonds. The predicted molar refractivity (Wildman–Crippen MR) is 117 cm³/mol. The molecule has 1 aromatic heterocycles. The molecule has 0 bridgehead atoms. The summed E-state index contributed by atoms with van der Waals surface area (Å²) in [5.74, 6) is 0. The monoisotopic (exact) mass is 425 g/mol. The Bertz CT molecular complexity index is 1290. The molecule has 0 atom stereocenters. The Morgan fingerprint density at radius 3 is 2.41 bits per heavy atom. The van der Waals surface area contributed by atoms with Gasteiger partial charge in [-0.25, -0.2) is 8.42 Å². The van der Waals surface area contributed by atoms with E-state index >= 15 is 0 Å². The highest BCUT2D eigenvalue weighted by Crippen LogP contribution is 2.26. The van der Waals surface area contributed by atoms with Crippen LogP contribution in [0.25, 0.3) is 10.8 Å². The summed E-state index contributed by atoms with van der Waals surface area (Å²) in [6.07, 6.45) is 0. The topological polar surface area (TPSA) is 64.0 Å². The van der Waals surface area contributed by atoms with E-state index in [1.165, 1.54) is 12.1 Å². The molecule has 1 heterocycles. The van der Waals surface area contributed by atoms with E-state index in [1.54, 1.807) is 19.1 Å². The van der Waals surface area contributed by atoms with Crippen LogP contribution in [0.5, 0.6) is 0 Å². The highest BCUT2D eigenvalue weighted by molar-refractivity contribution is 7.92. The molecule has 0 unspecified atom stereocenters. The van der Waals surface area contributed by atoms with Crippen LogP contribution in [0.1, 0.15) is 17.0 Å². The standard InChI is InChI=1S/C22H20ClN3O2S/c1-15-22(25-29(27,28)20-12-10-19(23)11-13-20)16(2)26(24-15)14-18-8-5-7-17-6-3-4-9-21(17)18/h3-13,25H,14H2,1-2H3. The van der Waals surface area contributed by atoms with E-state index < -0.39 is 10.0 Å². The third-order valence-electron chi connectivity index (χ3n) is 4.94. The van der Waals surface area contributed by atoms with Gasteiger partial charge in [-0.15, -0.1) is 0 Å². The SMILES string of the molecule is Cc1nn(Cc2cccc3ccccc23)c(C)c1NS(=O)(=O)c1ccc(Cl)cc1. The molecule has 3 aromatic carbocycles. The number of aryl methyl sites for hydroxylation is 1. The average molecular weight is 426 g/mol. The number of benzene rings is 3. The first-order chi connectivity index (χ1) is 13.8. The second kappa shape index (κ2) is 7.54. The summed E-state index contributed by atoms with van der Waals surface area (Å²) in [6.45, 7) is 4.22. The normalized spacial score (nSPS) is 11.7. The average Bonchev–Trinajstić information content (AvgIpc) is 2.96. The Kier molecular flexibility index (Phi) is 5.06. The molecule has 1 N–H and O–H groups in total. The minimum atomic E-state index is -3.73. The molecule has 148 valence electrons. The van der Waals surface area contributed by atoms with Gasteiger partial charge in [0.2, 0.25) is 0 Å². The largest absolute Gasteiger partial charge is 0.276 e. The molecule has 0 fully saturated rings. The summed E-state index contributed by atoms with van der Waals surface area (Å²) >= 11 is 5.87. The lowest BCUT2D eigenvalue weighted by Gasteiger charge is -2.10. The lowest BCUT2D eigenvalue weighted by molar-refractivity contribution is 0.601. The van der Waals surface area contributed by atoms with Crippen LogP contribution in [-0.2, 0) is 16.6 Å². The van der Waals surface area contributed by atoms with Crippen molar-refractivity contribution >= 4 is 38.1 Å². The summed E-state index contributed by atoms with van der Waals surface area (Å²) in [6, 6.07) is 20.4. The number of halogens is 1. The fraction of sp³-hybridized carbons (Fsp3) is 0.136. The van der Waals surface area contributed by atoms with Gasteiger partial charge >= 0.3 is 0 Å². The number of anilines is 1. The first kappa shape index (κ1) is 19.5. The summed E-state index contributed by atoms with van der Waals surface area (Å²) in [5, 5.41) is 7.38. The molecule has 0 aliphatic carbocycles. The molecule has 4 aromatic rings. The van der Waals surface area contributed by atoms with Crippen molar-refractivity contribution in [1.29, 1.82) is 0 Å². The number of nitrogens with zero attached hydrogens (tertiary/aromatic N) is 2. The summed E-state index contributed by atoms with van der Waals surface area (Å²) < 4.78 is 30.0. The molecule has 0 aliphatic heterocycles. The van der Waals surface area contributed by atoms with Crippen LogP contribution in [0.2, 0.25) is 5.02 Å². The van der Waals surface area contributed by atoms with Crippen molar-refractivity contribution in [2.45, 2.75) is 25.3 Å². The van der Waals surface area contributed by atoms with Gasteiger partial charge in [-0.3, -0.25) is 9.40 Å². The Labute approximate surface area is 175 Å². The quantitative estimate of drug-likeness (QED) is 0.480. The zero-order valence-electron chi connectivity index (χ0n) is 16.1. The van der Waals surface area contributed by atoms with E-state index in [0.717, 1.165) is 22.0 Å². The number of nitrogens with one attached hydrogen (secondary N) is 1. The number of rotatable bonds is 5. The van der Waals surface area contributed by atoms with E-state index in [1.807, 2.05) is 29.8 Å². The third-order valence-corrected chi connectivity index (χ3v) is 6.56. The second-order valence-corrected chi connectivity index (χ2v) is 9.02.